The van der Waals surface area contributed by atoms with Crippen molar-refractivity contribution in [2.24, 2.45) is 5.92 Å². The number of para-hydroxylation sites is 1. The highest BCUT2D eigenvalue weighted by molar-refractivity contribution is 7.12. The van der Waals surface area contributed by atoms with E-state index < -0.39 is 12.0 Å². The number of Topliss-reactive ketones (excluding diaryl/α,β-unsaturated/α-hetero) is 1. The van der Waals surface area contributed by atoms with E-state index in [0.717, 1.165) is 22.9 Å². The van der Waals surface area contributed by atoms with E-state index >= 15 is 0 Å². The van der Waals surface area contributed by atoms with Gasteiger partial charge >= 0.3 is 5.97 Å². The number of ether oxygens (including phenoxy) is 1. The van der Waals surface area contributed by atoms with Crippen molar-refractivity contribution in [1.29, 1.82) is 0 Å². The van der Waals surface area contributed by atoms with Crippen molar-refractivity contribution in [1.82, 2.24) is 10.3 Å². The standard InChI is InChI=1S/C22H24N2O4S/c1-4-14-7-5-8-15-16(11-23-20(14)15)17(25)12-28-22(27)19(13(2)3)24-21(26)18-9-6-10-29-18/h5-11,13,19,23H,4,12H2,1-3H3,(H,24,26)/t19-/m0/s1. The van der Waals surface area contributed by atoms with Gasteiger partial charge in [0.2, 0.25) is 5.78 Å². The van der Waals surface area contributed by atoms with Crippen LogP contribution in [0.2, 0.25) is 0 Å². The van der Waals surface area contributed by atoms with E-state index in [1.54, 1.807) is 23.7 Å². The second-order valence-corrected chi connectivity index (χ2v) is 8.05. The van der Waals surface area contributed by atoms with Crippen LogP contribution in [0.4, 0.5) is 0 Å². The highest BCUT2D eigenvalue weighted by atomic mass is 32.1. The Bertz CT molecular complexity index is 1020. The number of carbonyl (C=O) groups is 3. The first-order chi connectivity index (χ1) is 13.9. The minimum absolute atomic E-state index is 0.179. The van der Waals surface area contributed by atoms with Crippen molar-refractivity contribution in [3.8, 4) is 0 Å². The summed E-state index contributed by atoms with van der Waals surface area (Å²) in [6, 6.07) is 8.42. The molecule has 7 heteroatoms. The molecule has 0 unspecified atom stereocenters. The van der Waals surface area contributed by atoms with Gasteiger partial charge in [-0.15, -0.1) is 11.3 Å². The van der Waals surface area contributed by atoms with E-state index in [2.05, 4.69) is 17.2 Å². The van der Waals surface area contributed by atoms with Gasteiger partial charge in [-0.05, 0) is 29.3 Å². The third-order valence-electron chi connectivity index (χ3n) is 4.78. The summed E-state index contributed by atoms with van der Waals surface area (Å²) in [4.78, 5) is 41.1. The Hall–Kier alpha value is -2.93. The molecule has 0 fully saturated rings. The van der Waals surface area contributed by atoms with Gasteiger partial charge < -0.3 is 15.0 Å². The van der Waals surface area contributed by atoms with E-state index in [1.165, 1.54) is 11.3 Å². The van der Waals surface area contributed by atoms with Crippen LogP contribution in [0.15, 0.2) is 41.9 Å². The van der Waals surface area contributed by atoms with Crippen LogP contribution in [-0.2, 0) is 16.0 Å². The Morgan fingerprint density at radius 1 is 1.17 bits per heavy atom. The molecule has 2 aromatic heterocycles. The summed E-state index contributed by atoms with van der Waals surface area (Å²) >= 11 is 1.30. The Labute approximate surface area is 173 Å². The Morgan fingerprint density at radius 2 is 1.97 bits per heavy atom. The molecule has 0 radical (unpaired) electrons. The van der Waals surface area contributed by atoms with Gasteiger partial charge in [0.25, 0.3) is 5.91 Å². The van der Waals surface area contributed by atoms with Gasteiger partial charge in [0.05, 0.1) is 4.88 Å². The van der Waals surface area contributed by atoms with E-state index in [0.29, 0.717) is 10.4 Å². The fourth-order valence-electron chi connectivity index (χ4n) is 3.16. The molecule has 1 aromatic carbocycles. The first kappa shape index (κ1) is 20.8. The van der Waals surface area contributed by atoms with Crippen LogP contribution in [0.3, 0.4) is 0 Å². The summed E-state index contributed by atoms with van der Waals surface area (Å²) in [5.74, 6) is -1.41. The lowest BCUT2D eigenvalue weighted by atomic mass is 10.0. The average molecular weight is 413 g/mol. The molecule has 3 rings (SSSR count). The zero-order chi connectivity index (χ0) is 21.0. The maximum absolute atomic E-state index is 12.6. The van der Waals surface area contributed by atoms with Gasteiger partial charge in [-0.1, -0.05) is 45.0 Å². The molecule has 152 valence electrons. The molecule has 1 atom stereocenters. The average Bonchev–Trinajstić information content (AvgIpc) is 3.39. The summed E-state index contributed by atoms with van der Waals surface area (Å²) in [6.07, 6.45) is 2.50. The van der Waals surface area contributed by atoms with Crippen molar-refractivity contribution < 1.29 is 19.1 Å². The van der Waals surface area contributed by atoms with Crippen molar-refractivity contribution in [2.45, 2.75) is 33.2 Å². The Morgan fingerprint density at radius 3 is 2.62 bits per heavy atom. The number of hydrogen-bond acceptors (Lipinski definition) is 5. The zero-order valence-electron chi connectivity index (χ0n) is 16.7. The van der Waals surface area contributed by atoms with E-state index in [9.17, 15) is 14.4 Å². The molecule has 29 heavy (non-hydrogen) atoms. The maximum Gasteiger partial charge on any atom is 0.329 e. The number of ketones is 1. The molecule has 2 N–H and O–H groups in total. The van der Waals surface area contributed by atoms with Crippen molar-refractivity contribution in [3.05, 3.63) is 57.9 Å². The lowest BCUT2D eigenvalue weighted by Crippen LogP contribution is -2.45. The molecular weight excluding hydrogens is 388 g/mol. The highest BCUT2D eigenvalue weighted by Crippen LogP contribution is 2.22. The maximum atomic E-state index is 12.6. The molecule has 3 aromatic rings. The Balaban J connectivity index is 1.67. The molecule has 2 heterocycles. The lowest BCUT2D eigenvalue weighted by Gasteiger charge is -2.20. The first-order valence-electron chi connectivity index (χ1n) is 9.55. The number of H-pyrrole nitrogens is 1. The minimum atomic E-state index is -0.827. The number of esters is 1. The molecule has 0 saturated heterocycles. The summed E-state index contributed by atoms with van der Waals surface area (Å²) in [6.45, 7) is 5.30. The summed E-state index contributed by atoms with van der Waals surface area (Å²) in [7, 11) is 0. The summed E-state index contributed by atoms with van der Waals surface area (Å²) < 4.78 is 5.26. The molecule has 0 aliphatic rings. The third kappa shape index (κ3) is 4.56. The van der Waals surface area contributed by atoms with Gasteiger partial charge in [0.15, 0.2) is 6.61 Å². The fraction of sp³-hybridized carbons (Fsp3) is 0.318. The minimum Gasteiger partial charge on any atom is -0.456 e. The van der Waals surface area contributed by atoms with Crippen LogP contribution >= 0.6 is 11.3 Å². The fourth-order valence-corrected chi connectivity index (χ4v) is 3.79. The smallest absolute Gasteiger partial charge is 0.329 e. The number of hydrogen-bond donors (Lipinski definition) is 2. The number of aromatic nitrogens is 1. The summed E-state index contributed by atoms with van der Waals surface area (Å²) in [5.41, 5.74) is 2.54. The van der Waals surface area contributed by atoms with E-state index in [4.69, 9.17) is 4.74 Å². The monoisotopic (exact) mass is 412 g/mol. The van der Waals surface area contributed by atoms with E-state index in [1.807, 2.05) is 32.0 Å². The SMILES string of the molecule is CCc1cccc2c(C(=O)COC(=O)[C@@H](NC(=O)c3cccs3)C(C)C)c[nH]c12. The van der Waals surface area contributed by atoms with Gasteiger partial charge in [-0.25, -0.2) is 4.79 Å². The predicted molar refractivity (Wildman–Crippen MR) is 113 cm³/mol. The van der Waals surface area contributed by atoms with Crippen LogP contribution in [-0.4, -0.2) is 35.3 Å². The number of thiophene rings is 1. The summed E-state index contributed by atoms with van der Waals surface area (Å²) in [5, 5.41) is 5.31. The van der Waals surface area contributed by atoms with Crippen molar-refractivity contribution >= 4 is 39.9 Å². The first-order valence-corrected chi connectivity index (χ1v) is 10.4. The van der Waals surface area contributed by atoms with Gasteiger partial charge in [-0.3, -0.25) is 9.59 Å². The molecule has 0 aliphatic carbocycles. The van der Waals surface area contributed by atoms with Gasteiger partial charge in [0.1, 0.15) is 6.04 Å². The number of fused-ring (bicyclic) bond motifs is 1. The number of benzene rings is 1. The van der Waals surface area contributed by atoms with Crippen LogP contribution in [0.25, 0.3) is 10.9 Å². The predicted octanol–water partition coefficient (Wildman–Crippen LogP) is 3.97. The number of aromatic amines is 1. The number of amides is 1. The second kappa shape index (κ2) is 9.05. The van der Waals surface area contributed by atoms with Gasteiger partial charge in [-0.2, -0.15) is 0 Å². The van der Waals surface area contributed by atoms with Crippen molar-refractivity contribution in [3.63, 3.8) is 0 Å². The number of nitrogens with one attached hydrogen (secondary N) is 2. The van der Waals surface area contributed by atoms with Crippen LogP contribution in [0.5, 0.6) is 0 Å². The Kier molecular flexibility index (Phi) is 6.49. The topological polar surface area (TPSA) is 88.3 Å². The highest BCUT2D eigenvalue weighted by Gasteiger charge is 2.27. The molecule has 0 spiro atoms. The number of carbonyl (C=O) groups excluding carboxylic acids is 3. The molecule has 6 nitrogen and oxygen atoms in total. The zero-order valence-corrected chi connectivity index (χ0v) is 17.5. The molecule has 0 bridgehead atoms. The van der Waals surface area contributed by atoms with Crippen LogP contribution < -0.4 is 5.32 Å². The third-order valence-corrected chi connectivity index (χ3v) is 5.65. The molecular formula is C22H24N2O4S. The quantitative estimate of drug-likeness (QED) is 0.433. The molecule has 0 saturated carbocycles. The lowest BCUT2D eigenvalue weighted by molar-refractivity contribution is -0.145. The van der Waals surface area contributed by atoms with Crippen LogP contribution in [0, 0.1) is 5.92 Å². The normalized spacial score (nSPS) is 12.1. The second-order valence-electron chi connectivity index (χ2n) is 7.10. The van der Waals surface area contributed by atoms with Gasteiger partial charge in [0, 0.05) is 22.7 Å². The largest absolute Gasteiger partial charge is 0.456 e. The van der Waals surface area contributed by atoms with Crippen molar-refractivity contribution in [2.75, 3.05) is 6.61 Å². The molecule has 1 amide bonds. The number of rotatable bonds is 8. The molecule has 0 aliphatic heterocycles. The van der Waals surface area contributed by atoms with Crippen LogP contribution in [0.1, 0.15) is 46.4 Å². The van der Waals surface area contributed by atoms with E-state index in [-0.39, 0.29) is 24.2 Å². The number of aryl methyl sites for hydroxylation is 1.